The van der Waals surface area contributed by atoms with Crippen LogP contribution in [0.1, 0.15) is 34.1 Å². The highest BCUT2D eigenvalue weighted by molar-refractivity contribution is 8.27. The smallest absolute Gasteiger partial charge is 0.410 e. The second kappa shape index (κ2) is 6.93. The van der Waals surface area contributed by atoms with Gasteiger partial charge in [-0.3, -0.25) is 4.90 Å². The first-order chi connectivity index (χ1) is 11.4. The minimum absolute atomic E-state index is 0.0210. The average Bonchev–Trinajstić information content (AvgIpc) is 2.69. The molecule has 2 aliphatic rings. The summed E-state index contributed by atoms with van der Waals surface area (Å²) in [6.07, 6.45) is 0.566. The summed E-state index contributed by atoms with van der Waals surface area (Å²) in [5, 5.41) is 4.53. The van der Waals surface area contributed by atoms with E-state index in [0.29, 0.717) is 17.3 Å². The molecule has 25 heavy (non-hydrogen) atoms. The lowest BCUT2D eigenvalue weighted by molar-refractivity contribution is 0.0741. The Morgan fingerprint density at radius 3 is 2.56 bits per heavy atom. The van der Waals surface area contributed by atoms with Gasteiger partial charge in [0.25, 0.3) is 0 Å². The van der Waals surface area contributed by atoms with Crippen LogP contribution < -0.4 is 5.14 Å². The van der Waals surface area contributed by atoms with E-state index in [1.54, 1.807) is 27.7 Å². The molecule has 0 saturated heterocycles. The number of amides is 1. The number of thioether (sulfide) groups is 1. The second-order valence-corrected chi connectivity index (χ2v) is 11.6. The zero-order valence-corrected chi connectivity index (χ0v) is 16.9. The van der Waals surface area contributed by atoms with E-state index in [9.17, 15) is 21.6 Å². The van der Waals surface area contributed by atoms with Crippen molar-refractivity contribution in [1.29, 1.82) is 0 Å². The first kappa shape index (κ1) is 20.3. The van der Waals surface area contributed by atoms with E-state index < -0.39 is 37.2 Å². The van der Waals surface area contributed by atoms with Gasteiger partial charge in [-0.1, -0.05) is 11.8 Å². The third-order valence-corrected chi connectivity index (χ3v) is 9.31. The molecule has 0 aromatic carbocycles. The molecule has 0 fully saturated rings. The fraction of sp³-hybridized carbons (Fsp3) is 0.643. The molecule has 2 aliphatic heterocycles. The van der Waals surface area contributed by atoms with Crippen LogP contribution in [0.3, 0.4) is 0 Å². The Balaban J connectivity index is 2.56. The van der Waals surface area contributed by atoms with E-state index in [0.717, 1.165) is 0 Å². The Hall–Kier alpha value is -1.04. The standard InChI is InChI=1S/C14H22N2O6S3/c1-5-16(14(17)22-8(2)3)11-7-12(25(15,20)21)23-13-10(11)6-9(4)24(13,18)19/h7-9,11H,5-6H2,1-4H3,(H2,15,20,21)/t9-,11-/m0/s1. The van der Waals surface area contributed by atoms with E-state index >= 15 is 0 Å². The predicted molar refractivity (Wildman–Crippen MR) is 96.6 cm³/mol. The minimum atomic E-state index is -4.11. The van der Waals surface area contributed by atoms with Crippen LogP contribution in [0.15, 0.2) is 20.1 Å². The Morgan fingerprint density at radius 1 is 1.48 bits per heavy atom. The van der Waals surface area contributed by atoms with Crippen LogP contribution in [0.4, 0.5) is 4.79 Å². The van der Waals surface area contributed by atoms with E-state index in [1.807, 2.05) is 0 Å². The predicted octanol–water partition coefficient (Wildman–Crippen LogP) is 1.52. The van der Waals surface area contributed by atoms with Gasteiger partial charge in [0.15, 0.2) is 9.84 Å². The van der Waals surface area contributed by atoms with Gasteiger partial charge in [-0.05, 0) is 45.8 Å². The Morgan fingerprint density at radius 2 is 2.08 bits per heavy atom. The molecular weight excluding hydrogens is 388 g/mol. The van der Waals surface area contributed by atoms with Gasteiger partial charge < -0.3 is 4.74 Å². The molecule has 0 radical (unpaired) electrons. The van der Waals surface area contributed by atoms with Crippen molar-refractivity contribution in [3.8, 4) is 0 Å². The van der Waals surface area contributed by atoms with Crippen molar-refractivity contribution < 1.29 is 26.4 Å². The number of ether oxygens (including phenoxy) is 1. The number of carbonyl (C=O) groups excluding carboxylic acids is 1. The number of hydrogen-bond donors (Lipinski definition) is 1. The third-order valence-electron chi connectivity index (χ3n) is 3.93. The van der Waals surface area contributed by atoms with Crippen LogP contribution in [0.5, 0.6) is 0 Å². The van der Waals surface area contributed by atoms with E-state index in [1.165, 1.54) is 11.0 Å². The molecule has 11 heteroatoms. The summed E-state index contributed by atoms with van der Waals surface area (Å²) in [6.45, 7) is 6.88. The normalized spacial score (nSPS) is 25.6. The van der Waals surface area contributed by atoms with E-state index in [-0.39, 0.29) is 27.5 Å². The van der Waals surface area contributed by atoms with Gasteiger partial charge in [-0.15, -0.1) is 0 Å². The van der Waals surface area contributed by atoms with Crippen LogP contribution in [0.25, 0.3) is 0 Å². The molecule has 2 rings (SSSR count). The third kappa shape index (κ3) is 3.88. The van der Waals surface area contributed by atoms with Crippen LogP contribution in [0, 0.1) is 0 Å². The zero-order chi connectivity index (χ0) is 19.2. The van der Waals surface area contributed by atoms with E-state index in [4.69, 9.17) is 9.88 Å². The lowest BCUT2D eigenvalue weighted by Crippen LogP contribution is -2.42. The Bertz CT molecular complexity index is 842. The molecule has 0 aromatic heterocycles. The monoisotopic (exact) mass is 410 g/mol. The molecule has 0 unspecified atom stereocenters. The van der Waals surface area contributed by atoms with Gasteiger partial charge in [0.1, 0.15) is 8.47 Å². The SMILES string of the molecule is CCN(C(=O)OC(C)C)[C@H]1C=C(S(N)(=O)=O)SC2=C1C[C@H](C)S2(=O)=O. The highest BCUT2D eigenvalue weighted by atomic mass is 32.3. The molecular formula is C14H22N2O6S3. The summed E-state index contributed by atoms with van der Waals surface area (Å²) < 4.78 is 53.6. The summed E-state index contributed by atoms with van der Waals surface area (Å²) in [7, 11) is -7.75. The molecule has 1 amide bonds. The largest absolute Gasteiger partial charge is 0.447 e. The summed E-state index contributed by atoms with van der Waals surface area (Å²) >= 11 is 0.638. The van der Waals surface area contributed by atoms with Crippen molar-refractivity contribution in [3.05, 3.63) is 20.1 Å². The molecule has 0 aromatic rings. The number of sulfone groups is 1. The van der Waals surface area contributed by atoms with Gasteiger partial charge in [-0.25, -0.2) is 26.8 Å². The van der Waals surface area contributed by atoms with Crippen molar-refractivity contribution in [2.75, 3.05) is 6.54 Å². The lowest BCUT2D eigenvalue weighted by Gasteiger charge is -2.32. The number of likely N-dealkylation sites (N-methyl/N-ethyl adjacent to an activating group) is 1. The highest BCUT2D eigenvalue weighted by Gasteiger charge is 2.45. The maximum absolute atomic E-state index is 12.5. The summed E-state index contributed by atoms with van der Waals surface area (Å²) in [5.41, 5.74) is 0.507. The fourth-order valence-corrected chi connectivity index (χ4v) is 7.19. The number of nitrogens with zero attached hydrogens (tertiary/aromatic N) is 1. The number of rotatable bonds is 4. The summed E-state index contributed by atoms with van der Waals surface area (Å²) in [5.74, 6) is 0. The van der Waals surface area contributed by atoms with Crippen molar-refractivity contribution in [2.24, 2.45) is 5.14 Å². The fourth-order valence-electron chi connectivity index (χ4n) is 2.73. The van der Waals surface area contributed by atoms with E-state index in [2.05, 4.69) is 0 Å². The van der Waals surface area contributed by atoms with Gasteiger partial charge >= 0.3 is 6.09 Å². The number of nitrogens with two attached hydrogens (primary N) is 1. The van der Waals surface area contributed by atoms with Gasteiger partial charge in [0, 0.05) is 6.54 Å². The number of carbonyl (C=O) groups is 1. The molecule has 2 heterocycles. The molecule has 8 nitrogen and oxygen atoms in total. The summed E-state index contributed by atoms with van der Waals surface area (Å²) in [4.78, 5) is 13.7. The molecule has 2 atom stereocenters. The molecule has 142 valence electrons. The minimum Gasteiger partial charge on any atom is -0.447 e. The lowest BCUT2D eigenvalue weighted by atomic mass is 10.0. The average molecular weight is 411 g/mol. The Labute approximate surface area is 152 Å². The van der Waals surface area contributed by atoms with Crippen LogP contribution in [0.2, 0.25) is 0 Å². The number of hydrogen-bond acceptors (Lipinski definition) is 7. The van der Waals surface area contributed by atoms with Crippen LogP contribution >= 0.6 is 11.8 Å². The first-order valence-electron chi connectivity index (χ1n) is 7.76. The molecule has 0 spiro atoms. The zero-order valence-electron chi connectivity index (χ0n) is 14.4. The molecule has 0 aliphatic carbocycles. The Kier molecular flexibility index (Phi) is 5.62. The van der Waals surface area contributed by atoms with Crippen LogP contribution in [-0.4, -0.2) is 51.8 Å². The van der Waals surface area contributed by atoms with Crippen LogP contribution in [-0.2, 0) is 24.6 Å². The van der Waals surface area contributed by atoms with Crippen molar-refractivity contribution >= 4 is 37.7 Å². The quantitative estimate of drug-likeness (QED) is 0.745. The number of primary sulfonamides is 1. The van der Waals surface area contributed by atoms with Crippen molar-refractivity contribution in [1.82, 2.24) is 4.90 Å². The molecule has 0 bridgehead atoms. The van der Waals surface area contributed by atoms with Gasteiger partial charge in [-0.2, -0.15) is 0 Å². The first-order valence-corrected chi connectivity index (χ1v) is 11.7. The van der Waals surface area contributed by atoms with Crippen molar-refractivity contribution in [2.45, 2.75) is 51.5 Å². The van der Waals surface area contributed by atoms with Crippen molar-refractivity contribution in [3.63, 3.8) is 0 Å². The van der Waals surface area contributed by atoms with Gasteiger partial charge in [0.2, 0.25) is 10.0 Å². The highest BCUT2D eigenvalue weighted by Crippen LogP contribution is 2.48. The second-order valence-electron chi connectivity index (χ2n) is 6.17. The number of sulfonamides is 1. The van der Waals surface area contributed by atoms with Gasteiger partial charge in [0.05, 0.1) is 17.4 Å². The summed E-state index contributed by atoms with van der Waals surface area (Å²) in [6, 6.07) is -0.819. The maximum atomic E-state index is 12.5. The molecule has 2 N–H and O–H groups in total. The topological polar surface area (TPSA) is 124 Å². The maximum Gasteiger partial charge on any atom is 0.410 e. The molecule has 0 saturated carbocycles.